The Kier molecular flexibility index (Phi) is 4.75. The molecule has 1 rings (SSSR count). The molecule has 1 saturated heterocycles. The van der Waals surface area contributed by atoms with Crippen LogP contribution in [0.4, 0.5) is 0 Å². The molecule has 1 amide bonds. The van der Waals surface area contributed by atoms with Gasteiger partial charge in [0, 0.05) is 19.1 Å². The number of amides is 1. The molecule has 0 aliphatic carbocycles. The summed E-state index contributed by atoms with van der Waals surface area (Å²) in [6, 6.07) is 2.57. The Labute approximate surface area is 97.8 Å². The minimum absolute atomic E-state index is 0.0219. The molecule has 2 unspecified atom stereocenters. The van der Waals surface area contributed by atoms with Crippen LogP contribution in [0.2, 0.25) is 0 Å². The summed E-state index contributed by atoms with van der Waals surface area (Å²) in [6.45, 7) is 3.57. The van der Waals surface area contributed by atoms with Gasteiger partial charge in [0.2, 0.25) is 5.91 Å². The molecule has 90 valence electrons. The van der Waals surface area contributed by atoms with E-state index in [0.29, 0.717) is 12.5 Å². The Balaban J connectivity index is 2.53. The standard InChI is InChI=1S/C12H21N3O/c1-4-5-10(8-13)12(16)15-7-6-11(9-15)14(2)3/h10-11H,4-7,9H2,1-3H3. The summed E-state index contributed by atoms with van der Waals surface area (Å²) < 4.78 is 0. The molecule has 0 aromatic rings. The number of carbonyl (C=O) groups excluding carboxylic acids is 1. The lowest BCUT2D eigenvalue weighted by molar-refractivity contribution is -0.133. The molecular formula is C12H21N3O. The molecule has 16 heavy (non-hydrogen) atoms. The van der Waals surface area contributed by atoms with Gasteiger partial charge in [-0.05, 0) is 26.9 Å². The first-order chi connectivity index (χ1) is 7.60. The van der Waals surface area contributed by atoms with Crippen molar-refractivity contribution in [3.05, 3.63) is 0 Å². The molecule has 1 aliphatic heterocycles. The van der Waals surface area contributed by atoms with Gasteiger partial charge in [0.25, 0.3) is 0 Å². The van der Waals surface area contributed by atoms with Gasteiger partial charge in [-0.25, -0.2) is 0 Å². The first kappa shape index (κ1) is 13.0. The van der Waals surface area contributed by atoms with Crippen LogP contribution in [0, 0.1) is 17.2 Å². The molecule has 1 fully saturated rings. The average molecular weight is 223 g/mol. The summed E-state index contributed by atoms with van der Waals surface area (Å²) in [5.74, 6) is -0.417. The second-order valence-electron chi connectivity index (χ2n) is 4.66. The van der Waals surface area contributed by atoms with E-state index in [1.807, 2.05) is 25.9 Å². The third-order valence-corrected chi connectivity index (χ3v) is 3.24. The van der Waals surface area contributed by atoms with E-state index in [2.05, 4.69) is 11.0 Å². The molecule has 0 N–H and O–H groups in total. The maximum absolute atomic E-state index is 12.0. The van der Waals surface area contributed by atoms with Gasteiger partial charge >= 0.3 is 0 Å². The van der Waals surface area contributed by atoms with Crippen molar-refractivity contribution in [1.82, 2.24) is 9.80 Å². The van der Waals surface area contributed by atoms with Crippen LogP contribution >= 0.6 is 0 Å². The van der Waals surface area contributed by atoms with Crippen LogP contribution in [0.25, 0.3) is 0 Å². The maximum atomic E-state index is 12.0. The van der Waals surface area contributed by atoms with Crippen LogP contribution in [0.15, 0.2) is 0 Å². The van der Waals surface area contributed by atoms with Crippen LogP contribution in [0.5, 0.6) is 0 Å². The van der Waals surface area contributed by atoms with Gasteiger partial charge < -0.3 is 9.80 Å². The van der Waals surface area contributed by atoms with Crippen molar-refractivity contribution in [3.63, 3.8) is 0 Å². The van der Waals surface area contributed by atoms with E-state index in [0.717, 1.165) is 25.9 Å². The molecule has 4 nitrogen and oxygen atoms in total. The van der Waals surface area contributed by atoms with Crippen molar-refractivity contribution in [3.8, 4) is 6.07 Å². The molecular weight excluding hydrogens is 202 g/mol. The predicted octanol–water partition coefficient (Wildman–Crippen LogP) is 1.09. The number of carbonyl (C=O) groups is 1. The monoisotopic (exact) mass is 223 g/mol. The van der Waals surface area contributed by atoms with Gasteiger partial charge in [-0.3, -0.25) is 4.79 Å². The van der Waals surface area contributed by atoms with Crippen molar-refractivity contribution < 1.29 is 4.79 Å². The predicted molar refractivity (Wildman–Crippen MR) is 62.7 cm³/mol. The van der Waals surface area contributed by atoms with E-state index in [1.165, 1.54) is 0 Å². The highest BCUT2D eigenvalue weighted by Crippen LogP contribution is 2.17. The summed E-state index contributed by atoms with van der Waals surface area (Å²) >= 11 is 0. The number of hydrogen-bond donors (Lipinski definition) is 0. The maximum Gasteiger partial charge on any atom is 0.239 e. The summed E-state index contributed by atoms with van der Waals surface area (Å²) in [5, 5.41) is 8.96. The number of nitriles is 1. The summed E-state index contributed by atoms with van der Waals surface area (Å²) in [5.41, 5.74) is 0. The van der Waals surface area contributed by atoms with Gasteiger partial charge in [-0.2, -0.15) is 5.26 Å². The SMILES string of the molecule is CCCC(C#N)C(=O)N1CCC(N(C)C)C1. The third kappa shape index (κ3) is 2.96. The summed E-state index contributed by atoms with van der Waals surface area (Å²) in [4.78, 5) is 16.0. The molecule has 4 heteroatoms. The second-order valence-corrected chi connectivity index (χ2v) is 4.66. The lowest BCUT2D eigenvalue weighted by Gasteiger charge is -2.21. The Morgan fingerprint density at radius 3 is 2.75 bits per heavy atom. The highest BCUT2D eigenvalue weighted by Gasteiger charge is 2.31. The smallest absolute Gasteiger partial charge is 0.239 e. The zero-order valence-corrected chi connectivity index (χ0v) is 10.4. The Morgan fingerprint density at radius 2 is 2.31 bits per heavy atom. The molecule has 1 heterocycles. The minimum atomic E-state index is -0.439. The van der Waals surface area contributed by atoms with Crippen molar-refractivity contribution in [2.45, 2.75) is 32.2 Å². The normalized spacial score (nSPS) is 22.2. The number of rotatable bonds is 4. The van der Waals surface area contributed by atoms with Gasteiger partial charge in [0.1, 0.15) is 5.92 Å². The van der Waals surface area contributed by atoms with Crippen molar-refractivity contribution >= 4 is 5.91 Å². The van der Waals surface area contributed by atoms with Crippen molar-refractivity contribution in [2.24, 2.45) is 5.92 Å². The number of likely N-dealkylation sites (tertiary alicyclic amines) is 1. The summed E-state index contributed by atoms with van der Waals surface area (Å²) in [7, 11) is 4.07. The molecule has 2 atom stereocenters. The molecule has 0 spiro atoms. The van der Waals surface area contributed by atoms with E-state index >= 15 is 0 Å². The van der Waals surface area contributed by atoms with Gasteiger partial charge in [0.05, 0.1) is 6.07 Å². The minimum Gasteiger partial charge on any atom is -0.340 e. The Bertz CT molecular complexity index is 282. The number of nitrogens with zero attached hydrogens (tertiary/aromatic N) is 3. The average Bonchev–Trinajstić information content (AvgIpc) is 2.74. The number of likely N-dealkylation sites (N-methyl/N-ethyl adjacent to an activating group) is 1. The molecule has 0 saturated carbocycles. The van der Waals surface area contributed by atoms with Crippen LogP contribution < -0.4 is 0 Å². The fraction of sp³-hybridized carbons (Fsp3) is 0.833. The van der Waals surface area contributed by atoms with E-state index < -0.39 is 5.92 Å². The fourth-order valence-electron chi connectivity index (χ4n) is 2.12. The topological polar surface area (TPSA) is 47.3 Å². The molecule has 0 bridgehead atoms. The van der Waals surface area contributed by atoms with Gasteiger partial charge in [-0.1, -0.05) is 13.3 Å². The zero-order valence-electron chi connectivity index (χ0n) is 10.4. The van der Waals surface area contributed by atoms with E-state index in [4.69, 9.17) is 5.26 Å². The fourth-order valence-corrected chi connectivity index (χ4v) is 2.12. The molecule has 1 aliphatic rings. The third-order valence-electron chi connectivity index (χ3n) is 3.24. The largest absolute Gasteiger partial charge is 0.340 e. The molecule has 0 aromatic carbocycles. The Morgan fingerprint density at radius 1 is 1.62 bits per heavy atom. The first-order valence-electron chi connectivity index (χ1n) is 5.95. The highest BCUT2D eigenvalue weighted by molar-refractivity contribution is 5.81. The first-order valence-corrected chi connectivity index (χ1v) is 5.95. The summed E-state index contributed by atoms with van der Waals surface area (Å²) in [6.07, 6.45) is 2.58. The van der Waals surface area contributed by atoms with Gasteiger partial charge in [-0.15, -0.1) is 0 Å². The van der Waals surface area contributed by atoms with E-state index in [1.54, 1.807) is 0 Å². The number of hydrogen-bond acceptors (Lipinski definition) is 3. The van der Waals surface area contributed by atoms with Crippen LogP contribution in [-0.2, 0) is 4.79 Å². The second kappa shape index (κ2) is 5.86. The van der Waals surface area contributed by atoms with Crippen molar-refractivity contribution in [2.75, 3.05) is 27.2 Å². The highest BCUT2D eigenvalue weighted by atomic mass is 16.2. The van der Waals surface area contributed by atoms with E-state index in [-0.39, 0.29) is 5.91 Å². The molecule has 0 aromatic heterocycles. The Hall–Kier alpha value is -1.08. The quantitative estimate of drug-likeness (QED) is 0.716. The van der Waals surface area contributed by atoms with Crippen LogP contribution in [0.3, 0.4) is 0 Å². The molecule has 0 radical (unpaired) electrons. The lowest BCUT2D eigenvalue weighted by atomic mass is 10.0. The zero-order chi connectivity index (χ0) is 12.1. The van der Waals surface area contributed by atoms with Crippen molar-refractivity contribution in [1.29, 1.82) is 5.26 Å². The lowest BCUT2D eigenvalue weighted by Crippen LogP contribution is -2.37. The van der Waals surface area contributed by atoms with Crippen LogP contribution in [-0.4, -0.2) is 48.9 Å². The van der Waals surface area contributed by atoms with Crippen LogP contribution in [0.1, 0.15) is 26.2 Å². The van der Waals surface area contributed by atoms with Gasteiger partial charge in [0.15, 0.2) is 0 Å². The van der Waals surface area contributed by atoms with E-state index in [9.17, 15) is 4.79 Å².